The van der Waals surface area contributed by atoms with Crippen LogP contribution in [-0.2, 0) is 21.4 Å². The Hall–Kier alpha value is -3.11. The molecule has 1 aromatic carbocycles. The number of fused-ring (bicyclic) bond motifs is 4. The van der Waals surface area contributed by atoms with Crippen molar-refractivity contribution in [1.82, 2.24) is 9.47 Å². The molecule has 0 aliphatic carbocycles. The summed E-state index contributed by atoms with van der Waals surface area (Å²) in [6.45, 7) is 1.33. The largest absolute Gasteiger partial charge is 0.484 e. The lowest BCUT2D eigenvalue weighted by molar-refractivity contribution is -0.136. The number of hydrogen-bond acceptors (Lipinski definition) is 6. The predicted molar refractivity (Wildman–Crippen MR) is 125 cm³/mol. The van der Waals surface area contributed by atoms with Gasteiger partial charge < -0.3 is 14.2 Å². The molecule has 0 radical (unpaired) electrons. The van der Waals surface area contributed by atoms with Gasteiger partial charge in [-0.3, -0.25) is 14.3 Å². The maximum atomic E-state index is 12.9. The Kier molecular flexibility index (Phi) is 5.71. The number of sulfonamides is 1. The number of thiophene rings is 1. The third kappa shape index (κ3) is 4.40. The van der Waals surface area contributed by atoms with E-state index in [0.29, 0.717) is 36.8 Å². The fraction of sp³-hybridized carbons (Fsp3) is 0.304. The van der Waals surface area contributed by atoms with E-state index in [2.05, 4.69) is 4.72 Å². The van der Waals surface area contributed by atoms with Crippen LogP contribution in [-0.4, -0.2) is 43.5 Å². The molecule has 1 N–H and O–H groups in total. The first kappa shape index (κ1) is 21.7. The van der Waals surface area contributed by atoms with Gasteiger partial charge in [-0.2, -0.15) is 0 Å². The molecule has 2 bridgehead atoms. The molecule has 2 aliphatic heterocycles. The summed E-state index contributed by atoms with van der Waals surface area (Å²) in [4.78, 5) is 27.2. The van der Waals surface area contributed by atoms with E-state index in [-0.39, 0.29) is 34.1 Å². The summed E-state index contributed by atoms with van der Waals surface area (Å²) >= 11 is 1.13. The van der Waals surface area contributed by atoms with Crippen LogP contribution in [0.1, 0.15) is 18.0 Å². The van der Waals surface area contributed by atoms with Gasteiger partial charge in [-0.1, -0.05) is 24.3 Å². The van der Waals surface area contributed by atoms with Gasteiger partial charge in [0, 0.05) is 31.6 Å². The summed E-state index contributed by atoms with van der Waals surface area (Å²) in [5, 5.41) is 1.70. The highest BCUT2D eigenvalue weighted by molar-refractivity contribution is 7.94. The summed E-state index contributed by atoms with van der Waals surface area (Å²) < 4.78 is 35.8. The van der Waals surface area contributed by atoms with Gasteiger partial charge in [0.05, 0.1) is 11.4 Å². The summed E-state index contributed by atoms with van der Waals surface area (Å²) in [7, 11) is -3.76. The number of para-hydroxylation sites is 1. The van der Waals surface area contributed by atoms with Crippen LogP contribution < -0.4 is 15.0 Å². The lowest BCUT2D eigenvalue weighted by atomic mass is 9.82. The number of rotatable bonds is 6. The van der Waals surface area contributed by atoms with Crippen molar-refractivity contribution in [1.29, 1.82) is 0 Å². The molecule has 1 fully saturated rings. The van der Waals surface area contributed by atoms with Crippen molar-refractivity contribution in [2.75, 3.05) is 24.4 Å². The van der Waals surface area contributed by atoms with Crippen LogP contribution in [0, 0.1) is 5.92 Å². The van der Waals surface area contributed by atoms with Crippen molar-refractivity contribution in [2.24, 2.45) is 5.92 Å². The number of carbonyl (C=O) groups is 1. The number of hydrogen-bond donors (Lipinski definition) is 1. The molecule has 0 unspecified atom stereocenters. The number of pyridine rings is 1. The van der Waals surface area contributed by atoms with Gasteiger partial charge in [0.25, 0.3) is 21.5 Å². The van der Waals surface area contributed by atoms with Crippen molar-refractivity contribution in [3.63, 3.8) is 0 Å². The van der Waals surface area contributed by atoms with Crippen molar-refractivity contribution in [3.05, 3.63) is 76.0 Å². The average Bonchev–Trinajstić information content (AvgIpc) is 3.36. The normalized spacial score (nSPS) is 19.6. The van der Waals surface area contributed by atoms with E-state index in [0.717, 1.165) is 17.8 Å². The Labute approximate surface area is 195 Å². The van der Waals surface area contributed by atoms with Crippen molar-refractivity contribution in [3.8, 4) is 5.75 Å². The van der Waals surface area contributed by atoms with E-state index in [1.165, 1.54) is 12.1 Å². The number of ether oxygens (including phenoxy) is 1. The maximum Gasteiger partial charge on any atom is 0.271 e. The zero-order chi connectivity index (χ0) is 23.0. The van der Waals surface area contributed by atoms with Crippen molar-refractivity contribution in [2.45, 2.75) is 23.1 Å². The Balaban J connectivity index is 1.39. The van der Waals surface area contributed by atoms with Gasteiger partial charge >= 0.3 is 0 Å². The minimum absolute atomic E-state index is 0.0666. The second-order valence-corrected chi connectivity index (χ2v) is 11.2. The molecule has 0 saturated carbocycles. The molecule has 0 spiro atoms. The van der Waals surface area contributed by atoms with E-state index in [1.807, 2.05) is 18.2 Å². The first-order valence-electron chi connectivity index (χ1n) is 10.7. The number of aromatic nitrogens is 1. The van der Waals surface area contributed by atoms with Crippen LogP contribution >= 0.6 is 11.3 Å². The third-order valence-electron chi connectivity index (χ3n) is 6.05. The summed E-state index contributed by atoms with van der Waals surface area (Å²) in [5.41, 5.74) is 0.868. The number of nitrogens with zero attached hydrogens (tertiary/aromatic N) is 2. The number of nitrogens with one attached hydrogen (secondary N) is 1. The summed E-state index contributed by atoms with van der Waals surface area (Å²) in [6, 6.07) is 15.3. The Bertz CT molecular complexity index is 1320. The molecule has 3 aromatic rings. The Morgan fingerprint density at radius 3 is 2.64 bits per heavy atom. The van der Waals surface area contributed by atoms with Gasteiger partial charge in [0.15, 0.2) is 6.61 Å². The zero-order valence-electron chi connectivity index (χ0n) is 17.7. The SMILES string of the molecule is O=C(COc1ccccc1)N1C[C@H]2C[C@H](C1)c1c(NS(=O)(=O)c3cccs3)ccc(=O)n1C2. The number of amides is 1. The van der Waals surface area contributed by atoms with Gasteiger partial charge in [0.2, 0.25) is 0 Å². The van der Waals surface area contributed by atoms with Crippen LogP contribution in [0.25, 0.3) is 0 Å². The molecular weight excluding hydrogens is 462 g/mol. The van der Waals surface area contributed by atoms with E-state index >= 15 is 0 Å². The quantitative estimate of drug-likeness (QED) is 0.579. The standard InChI is InChI=1S/C23H23N3O5S2/c27-20-9-8-19(24-33(29,30)22-7-4-10-32-22)23-17-11-16(13-26(20)23)12-25(14-17)21(28)15-31-18-5-2-1-3-6-18/h1-10,16-17,24H,11-15H2/t16-,17-/m1/s1. The monoisotopic (exact) mass is 485 g/mol. The van der Waals surface area contributed by atoms with Gasteiger partial charge in [-0.15, -0.1) is 11.3 Å². The first-order valence-corrected chi connectivity index (χ1v) is 13.0. The molecule has 10 heteroatoms. The second-order valence-electron chi connectivity index (χ2n) is 8.32. The highest BCUT2D eigenvalue weighted by Gasteiger charge is 2.38. The minimum atomic E-state index is -3.76. The van der Waals surface area contributed by atoms with E-state index in [1.54, 1.807) is 39.1 Å². The molecule has 1 amide bonds. The van der Waals surface area contributed by atoms with Crippen molar-refractivity contribution < 1.29 is 17.9 Å². The average molecular weight is 486 g/mol. The van der Waals surface area contributed by atoms with E-state index < -0.39 is 10.0 Å². The molecule has 5 rings (SSSR count). The molecule has 33 heavy (non-hydrogen) atoms. The lowest BCUT2D eigenvalue weighted by Gasteiger charge is -2.43. The van der Waals surface area contributed by atoms with Crippen LogP contribution in [0.3, 0.4) is 0 Å². The fourth-order valence-corrected chi connectivity index (χ4v) is 6.74. The fourth-order valence-electron chi connectivity index (χ4n) is 4.67. The zero-order valence-corrected chi connectivity index (χ0v) is 19.3. The van der Waals surface area contributed by atoms with E-state index in [9.17, 15) is 18.0 Å². The van der Waals surface area contributed by atoms with Crippen molar-refractivity contribution >= 4 is 33.0 Å². The topological polar surface area (TPSA) is 97.7 Å². The van der Waals surface area contributed by atoms with E-state index in [4.69, 9.17) is 4.74 Å². The molecule has 1 saturated heterocycles. The summed E-state index contributed by atoms with van der Waals surface area (Å²) in [6.07, 6.45) is 0.792. The molecule has 2 aromatic heterocycles. The smallest absolute Gasteiger partial charge is 0.271 e. The maximum absolute atomic E-state index is 12.9. The predicted octanol–water partition coefficient (Wildman–Crippen LogP) is 2.74. The Morgan fingerprint density at radius 1 is 1.06 bits per heavy atom. The molecule has 4 heterocycles. The van der Waals surface area contributed by atoms with Gasteiger partial charge in [0.1, 0.15) is 9.96 Å². The molecule has 8 nitrogen and oxygen atoms in total. The third-order valence-corrected chi connectivity index (χ3v) is 8.82. The second kappa shape index (κ2) is 8.68. The number of piperidine rings is 1. The molecule has 2 aliphatic rings. The van der Waals surface area contributed by atoms with Crippen LogP contribution in [0.5, 0.6) is 5.75 Å². The van der Waals surface area contributed by atoms with Gasteiger partial charge in [-0.25, -0.2) is 8.42 Å². The number of carbonyl (C=O) groups excluding carboxylic acids is 1. The van der Waals surface area contributed by atoms with Crippen LogP contribution in [0.2, 0.25) is 0 Å². The Morgan fingerprint density at radius 2 is 1.88 bits per heavy atom. The first-order chi connectivity index (χ1) is 15.9. The highest BCUT2D eigenvalue weighted by Crippen LogP contribution is 2.39. The summed E-state index contributed by atoms with van der Waals surface area (Å²) in [5.74, 6) is 0.484. The molecule has 2 atom stereocenters. The minimum Gasteiger partial charge on any atom is -0.484 e. The van der Waals surface area contributed by atoms with Crippen LogP contribution in [0.15, 0.2) is 69.0 Å². The van der Waals surface area contributed by atoms with Crippen LogP contribution in [0.4, 0.5) is 5.69 Å². The highest BCUT2D eigenvalue weighted by atomic mass is 32.2. The lowest BCUT2D eigenvalue weighted by Crippen LogP contribution is -2.50. The number of likely N-dealkylation sites (tertiary alicyclic amines) is 1. The molecular formula is C23H23N3O5S2. The molecule has 172 valence electrons. The number of benzene rings is 1. The number of anilines is 1. The van der Waals surface area contributed by atoms with Gasteiger partial charge in [-0.05, 0) is 42.0 Å².